The van der Waals surface area contributed by atoms with Crippen LogP contribution in [0.4, 0.5) is 0 Å². The fraction of sp³-hybridized carbons (Fsp3) is 0.0909. The summed E-state index contributed by atoms with van der Waals surface area (Å²) in [7, 11) is 1.63. The lowest BCUT2D eigenvalue weighted by molar-refractivity contribution is 1.00. The molecule has 4 aromatic rings. The molecular weight excluding hydrogens is 309 g/mol. The Balaban J connectivity index is 2.02. The molecule has 118 valence electrons. The molecule has 24 heavy (non-hydrogen) atoms. The molecule has 0 aliphatic heterocycles. The fourth-order valence-corrected chi connectivity index (χ4v) is 6.03. The van der Waals surface area contributed by atoms with Gasteiger partial charge < -0.3 is 4.57 Å². The molecule has 1 aromatic heterocycles. The number of nitrogens with zero attached hydrogens (tertiary/aromatic N) is 1. The number of hydrogen-bond acceptors (Lipinski definition) is 0. The summed E-state index contributed by atoms with van der Waals surface area (Å²) in [5.41, 5.74) is 4.14. The van der Waals surface area contributed by atoms with Crippen LogP contribution in [0.25, 0.3) is 10.9 Å². The van der Waals surface area contributed by atoms with E-state index in [9.17, 15) is 0 Å². The first-order valence-electron chi connectivity index (χ1n) is 8.21. The average molecular weight is 329 g/mol. The second-order valence-corrected chi connectivity index (χ2v) is 8.16. The van der Waals surface area contributed by atoms with E-state index in [1.54, 1.807) is 0 Å². The van der Waals surface area contributed by atoms with Gasteiger partial charge in [-0.15, -0.1) is 0 Å². The molecule has 0 atom stereocenters. The van der Waals surface area contributed by atoms with E-state index in [2.05, 4.69) is 103 Å². The number of rotatable bonds is 3. The molecule has 4 rings (SSSR count). The van der Waals surface area contributed by atoms with Gasteiger partial charge in [0.15, 0.2) is 0 Å². The van der Waals surface area contributed by atoms with Crippen LogP contribution in [0.15, 0.2) is 84.9 Å². The predicted molar refractivity (Wildman–Crippen MR) is 106 cm³/mol. The highest BCUT2D eigenvalue weighted by atomic mass is 31.1. The molecular formula is C22H20NP. The summed E-state index contributed by atoms with van der Waals surface area (Å²) in [4.78, 5) is 0. The highest BCUT2D eigenvalue weighted by molar-refractivity contribution is 7.79. The molecule has 1 heterocycles. The van der Waals surface area contributed by atoms with Crippen molar-refractivity contribution in [2.75, 3.05) is 0 Å². The van der Waals surface area contributed by atoms with E-state index < -0.39 is 7.92 Å². The van der Waals surface area contributed by atoms with Gasteiger partial charge in [-0.05, 0) is 29.2 Å². The lowest BCUT2D eigenvalue weighted by Crippen LogP contribution is -2.26. The summed E-state index contributed by atoms with van der Waals surface area (Å²) in [5, 5.41) is 4.15. The molecule has 0 N–H and O–H groups in total. The summed E-state index contributed by atoms with van der Waals surface area (Å²) in [6.45, 7) is 2.26. The number of hydrogen-bond donors (Lipinski definition) is 0. The maximum absolute atomic E-state index is 2.39. The minimum absolute atomic E-state index is 0.572. The van der Waals surface area contributed by atoms with Crippen molar-refractivity contribution in [3.63, 3.8) is 0 Å². The zero-order chi connectivity index (χ0) is 16.5. The molecule has 0 aliphatic rings. The zero-order valence-corrected chi connectivity index (χ0v) is 14.9. The van der Waals surface area contributed by atoms with E-state index in [-0.39, 0.29) is 0 Å². The van der Waals surface area contributed by atoms with E-state index in [0.717, 1.165) is 0 Å². The molecule has 0 saturated heterocycles. The summed E-state index contributed by atoms with van der Waals surface area (Å²) < 4.78 is 2.39. The van der Waals surface area contributed by atoms with Crippen LogP contribution < -0.4 is 16.0 Å². The molecule has 0 bridgehead atoms. The van der Waals surface area contributed by atoms with Crippen LogP contribution >= 0.6 is 7.92 Å². The summed E-state index contributed by atoms with van der Waals surface area (Å²) in [6.07, 6.45) is 0. The number of fused-ring (bicyclic) bond motifs is 1. The van der Waals surface area contributed by atoms with Crippen molar-refractivity contribution in [3.8, 4) is 0 Å². The molecule has 2 heteroatoms. The standard InChI is InChI=1S/C22H20NP/c1-17-20-15-9-10-16-21(20)23(2)22(17)24(18-11-5-3-6-12-18)19-13-7-4-8-14-19/h3-16H,1-2H3. The van der Waals surface area contributed by atoms with Crippen LogP contribution in [0.5, 0.6) is 0 Å². The van der Waals surface area contributed by atoms with Crippen LogP contribution in [0.2, 0.25) is 0 Å². The summed E-state index contributed by atoms with van der Waals surface area (Å²) in [6, 6.07) is 30.5. The molecule has 0 unspecified atom stereocenters. The monoisotopic (exact) mass is 329 g/mol. The van der Waals surface area contributed by atoms with Gasteiger partial charge in [-0.1, -0.05) is 78.9 Å². The second-order valence-electron chi connectivity index (χ2n) is 6.03. The Morgan fingerprint density at radius 2 is 1.17 bits per heavy atom. The van der Waals surface area contributed by atoms with Crippen molar-refractivity contribution in [1.82, 2.24) is 4.57 Å². The SMILES string of the molecule is Cc1c(P(c2ccccc2)c2ccccc2)n(C)c2ccccc12. The van der Waals surface area contributed by atoms with Gasteiger partial charge in [0.05, 0.1) is 5.44 Å². The minimum atomic E-state index is -0.572. The third kappa shape index (κ3) is 2.46. The minimum Gasteiger partial charge on any atom is -0.343 e. The van der Waals surface area contributed by atoms with E-state index in [0.29, 0.717) is 0 Å². The van der Waals surface area contributed by atoms with Crippen LogP contribution in [0, 0.1) is 6.92 Å². The van der Waals surface area contributed by atoms with Crippen LogP contribution in [-0.4, -0.2) is 4.57 Å². The second kappa shape index (κ2) is 6.26. The molecule has 0 spiro atoms. The Hall–Kier alpha value is -2.37. The molecule has 1 nitrogen and oxygen atoms in total. The van der Waals surface area contributed by atoms with Crippen molar-refractivity contribution in [2.45, 2.75) is 6.92 Å². The largest absolute Gasteiger partial charge is 0.343 e. The fourth-order valence-electron chi connectivity index (χ4n) is 3.43. The van der Waals surface area contributed by atoms with Gasteiger partial charge in [0.1, 0.15) is 0 Å². The molecule has 0 aliphatic carbocycles. The number of aryl methyl sites for hydroxylation is 2. The predicted octanol–water partition coefficient (Wildman–Crippen LogP) is 4.24. The molecule has 3 aromatic carbocycles. The lowest BCUT2D eigenvalue weighted by atomic mass is 10.2. The molecule has 0 amide bonds. The Labute approximate surface area is 144 Å². The van der Waals surface area contributed by atoms with Gasteiger partial charge in [0.2, 0.25) is 0 Å². The maximum atomic E-state index is 2.39. The third-order valence-electron chi connectivity index (χ3n) is 4.56. The van der Waals surface area contributed by atoms with E-state index >= 15 is 0 Å². The lowest BCUT2D eigenvalue weighted by Gasteiger charge is -2.21. The number of para-hydroxylation sites is 1. The van der Waals surface area contributed by atoms with Gasteiger partial charge >= 0.3 is 0 Å². The number of aromatic nitrogens is 1. The van der Waals surface area contributed by atoms with Crippen molar-refractivity contribution in [3.05, 3.63) is 90.5 Å². The van der Waals surface area contributed by atoms with Gasteiger partial charge in [-0.3, -0.25) is 0 Å². The average Bonchev–Trinajstić information content (AvgIpc) is 2.90. The van der Waals surface area contributed by atoms with Crippen molar-refractivity contribution in [1.29, 1.82) is 0 Å². The molecule has 0 fully saturated rings. The normalized spacial score (nSPS) is 11.3. The number of benzene rings is 3. The highest BCUT2D eigenvalue weighted by Gasteiger charge is 2.23. The van der Waals surface area contributed by atoms with Crippen LogP contribution in [-0.2, 0) is 7.05 Å². The Morgan fingerprint density at radius 3 is 1.71 bits per heavy atom. The van der Waals surface area contributed by atoms with Gasteiger partial charge in [0, 0.05) is 25.9 Å². The zero-order valence-electron chi connectivity index (χ0n) is 14.0. The van der Waals surface area contributed by atoms with E-state index in [1.165, 1.54) is 32.5 Å². The Kier molecular flexibility index (Phi) is 3.96. The van der Waals surface area contributed by atoms with Crippen LogP contribution in [0.1, 0.15) is 5.56 Å². The van der Waals surface area contributed by atoms with Gasteiger partial charge in [-0.2, -0.15) is 0 Å². The van der Waals surface area contributed by atoms with E-state index in [4.69, 9.17) is 0 Å². The van der Waals surface area contributed by atoms with Crippen molar-refractivity contribution < 1.29 is 0 Å². The maximum Gasteiger partial charge on any atom is 0.0539 e. The first-order chi connectivity index (χ1) is 11.8. The highest BCUT2D eigenvalue weighted by Crippen LogP contribution is 2.36. The van der Waals surface area contributed by atoms with Gasteiger partial charge in [-0.25, -0.2) is 0 Å². The molecule has 0 radical (unpaired) electrons. The Bertz CT molecular complexity index is 892. The van der Waals surface area contributed by atoms with Crippen molar-refractivity contribution in [2.24, 2.45) is 7.05 Å². The van der Waals surface area contributed by atoms with E-state index in [1.807, 2.05) is 0 Å². The topological polar surface area (TPSA) is 4.93 Å². The van der Waals surface area contributed by atoms with Crippen molar-refractivity contribution >= 4 is 34.9 Å². The quantitative estimate of drug-likeness (QED) is 0.495. The smallest absolute Gasteiger partial charge is 0.0539 e. The first-order valence-corrected chi connectivity index (χ1v) is 9.56. The first kappa shape index (κ1) is 15.2. The Morgan fingerprint density at radius 1 is 0.667 bits per heavy atom. The van der Waals surface area contributed by atoms with Gasteiger partial charge in [0.25, 0.3) is 0 Å². The summed E-state index contributed by atoms with van der Waals surface area (Å²) in [5.74, 6) is 0. The third-order valence-corrected chi connectivity index (χ3v) is 7.25. The molecule has 0 saturated carbocycles. The van der Waals surface area contributed by atoms with Crippen LogP contribution in [0.3, 0.4) is 0 Å². The summed E-state index contributed by atoms with van der Waals surface area (Å²) >= 11 is 0.